The summed E-state index contributed by atoms with van der Waals surface area (Å²) in [5.41, 5.74) is 3.55. The Morgan fingerprint density at radius 2 is 1.71 bits per heavy atom. The highest BCUT2D eigenvalue weighted by Gasteiger charge is 2.36. The highest BCUT2D eigenvalue weighted by Crippen LogP contribution is 2.52. The molecule has 7 nitrogen and oxygen atoms in total. The molecular formula is C23H25N3O4S. The van der Waals surface area contributed by atoms with Crippen molar-refractivity contribution in [2.24, 2.45) is 0 Å². The van der Waals surface area contributed by atoms with Gasteiger partial charge in [-0.15, -0.1) is 11.8 Å². The number of thioether (sulfide) groups is 1. The molecule has 8 heteroatoms. The first kappa shape index (κ1) is 21.1. The number of fused-ring (bicyclic) bond motifs is 1. The number of nitrogens with zero attached hydrogens (tertiary/aromatic N) is 2. The molecule has 0 unspecified atom stereocenters. The number of methoxy groups -OCH3 is 3. The van der Waals surface area contributed by atoms with Crippen LogP contribution in [-0.2, 0) is 4.79 Å². The average Bonchev–Trinajstić information content (AvgIpc) is 3.04. The van der Waals surface area contributed by atoms with E-state index < -0.39 is 0 Å². The van der Waals surface area contributed by atoms with Gasteiger partial charge in [-0.05, 0) is 38.1 Å². The lowest BCUT2D eigenvalue weighted by Gasteiger charge is -2.22. The van der Waals surface area contributed by atoms with Crippen LogP contribution in [0.5, 0.6) is 17.2 Å². The third-order valence-electron chi connectivity index (χ3n) is 5.34. The molecule has 0 spiro atoms. The van der Waals surface area contributed by atoms with Crippen LogP contribution in [-0.4, -0.2) is 42.3 Å². The number of anilines is 1. The van der Waals surface area contributed by atoms with Gasteiger partial charge >= 0.3 is 0 Å². The number of aryl methyl sites for hydroxylation is 1. The van der Waals surface area contributed by atoms with Gasteiger partial charge in [0.25, 0.3) is 0 Å². The van der Waals surface area contributed by atoms with Crippen molar-refractivity contribution in [1.82, 2.24) is 9.78 Å². The normalized spacial score (nSPS) is 18.0. The van der Waals surface area contributed by atoms with E-state index in [2.05, 4.69) is 5.32 Å². The van der Waals surface area contributed by atoms with Gasteiger partial charge in [0.2, 0.25) is 11.7 Å². The molecule has 1 N–H and O–H groups in total. The number of aromatic nitrogens is 2. The first-order valence-electron chi connectivity index (χ1n) is 9.90. The predicted octanol–water partition coefficient (Wildman–Crippen LogP) is 4.37. The summed E-state index contributed by atoms with van der Waals surface area (Å²) < 4.78 is 18.6. The van der Waals surface area contributed by atoms with E-state index in [-0.39, 0.29) is 16.4 Å². The number of para-hydroxylation sites is 1. The van der Waals surface area contributed by atoms with Crippen molar-refractivity contribution >= 4 is 23.5 Å². The van der Waals surface area contributed by atoms with Crippen molar-refractivity contribution < 1.29 is 19.0 Å². The maximum Gasteiger partial charge on any atom is 0.238 e. The number of carbonyl (C=O) groups excluding carboxylic acids is 1. The molecule has 0 radical (unpaired) electrons. The number of hydrogen-bond donors (Lipinski definition) is 1. The van der Waals surface area contributed by atoms with Gasteiger partial charge in [-0.2, -0.15) is 5.10 Å². The quantitative estimate of drug-likeness (QED) is 0.636. The Morgan fingerprint density at radius 3 is 2.35 bits per heavy atom. The van der Waals surface area contributed by atoms with Crippen molar-refractivity contribution in [3.63, 3.8) is 0 Å². The molecule has 0 saturated heterocycles. The largest absolute Gasteiger partial charge is 0.493 e. The predicted molar refractivity (Wildman–Crippen MR) is 122 cm³/mol. The molecule has 1 aromatic heterocycles. The molecule has 2 heterocycles. The van der Waals surface area contributed by atoms with E-state index in [1.165, 1.54) is 0 Å². The Morgan fingerprint density at radius 1 is 1.00 bits per heavy atom. The van der Waals surface area contributed by atoms with E-state index in [0.717, 1.165) is 22.5 Å². The standard InChI is InChI=1S/C23H25N3O4S/c1-13-18-21(16-11-12-17(28-3)20(30-5)19(16)29-4)31-14(2)23(27)24-22(18)26(25-13)15-9-7-6-8-10-15/h6-12,14,21H,1-5H3,(H,24,27)/t14-,21-/m0/s1. The fourth-order valence-electron chi connectivity index (χ4n) is 3.84. The monoisotopic (exact) mass is 439 g/mol. The summed E-state index contributed by atoms with van der Waals surface area (Å²) in [4.78, 5) is 12.9. The molecule has 162 valence electrons. The minimum absolute atomic E-state index is 0.0646. The molecule has 0 saturated carbocycles. The van der Waals surface area contributed by atoms with Crippen LogP contribution in [0.15, 0.2) is 42.5 Å². The molecule has 1 aliphatic heterocycles. The Hall–Kier alpha value is -3.13. The van der Waals surface area contributed by atoms with Crippen molar-refractivity contribution in [3.8, 4) is 22.9 Å². The fraction of sp³-hybridized carbons (Fsp3) is 0.304. The lowest BCUT2D eigenvalue weighted by molar-refractivity contribution is -0.115. The molecule has 0 fully saturated rings. The fourth-order valence-corrected chi connectivity index (χ4v) is 5.18. The highest BCUT2D eigenvalue weighted by molar-refractivity contribution is 8.01. The highest BCUT2D eigenvalue weighted by atomic mass is 32.2. The van der Waals surface area contributed by atoms with E-state index in [9.17, 15) is 4.79 Å². The molecular weight excluding hydrogens is 414 g/mol. The topological polar surface area (TPSA) is 74.6 Å². The minimum atomic E-state index is -0.279. The number of benzene rings is 2. The summed E-state index contributed by atoms with van der Waals surface area (Å²) in [6.07, 6.45) is 0. The summed E-state index contributed by atoms with van der Waals surface area (Å²) in [6.45, 7) is 3.86. The zero-order chi connectivity index (χ0) is 22.1. The molecule has 2 aromatic carbocycles. The van der Waals surface area contributed by atoms with Crippen molar-refractivity contribution in [3.05, 3.63) is 59.3 Å². The molecule has 4 rings (SSSR count). The van der Waals surface area contributed by atoms with Crippen LogP contribution < -0.4 is 19.5 Å². The molecule has 2 atom stereocenters. The van der Waals surface area contributed by atoms with Crippen molar-refractivity contribution in [1.29, 1.82) is 0 Å². The van der Waals surface area contributed by atoms with Crippen LogP contribution in [0.2, 0.25) is 0 Å². The molecule has 0 aliphatic carbocycles. The first-order valence-corrected chi connectivity index (χ1v) is 10.8. The summed E-state index contributed by atoms with van der Waals surface area (Å²) in [6, 6.07) is 13.6. The Labute approximate surface area is 185 Å². The van der Waals surface area contributed by atoms with Crippen LogP contribution in [0.3, 0.4) is 0 Å². The van der Waals surface area contributed by atoms with Crippen molar-refractivity contribution in [2.45, 2.75) is 24.3 Å². The number of rotatable bonds is 5. The van der Waals surface area contributed by atoms with E-state index in [0.29, 0.717) is 23.1 Å². The van der Waals surface area contributed by atoms with Gasteiger partial charge in [0.1, 0.15) is 5.82 Å². The summed E-state index contributed by atoms with van der Waals surface area (Å²) in [5, 5.41) is 7.38. The van der Waals surface area contributed by atoms with E-state index in [1.54, 1.807) is 37.8 Å². The SMILES string of the molecule is COc1ccc([C@@H]2S[C@@H](C)C(=O)Nc3c2c(C)nn3-c2ccccc2)c(OC)c1OC. The summed E-state index contributed by atoms with van der Waals surface area (Å²) >= 11 is 1.55. The number of carbonyl (C=O) groups is 1. The summed E-state index contributed by atoms with van der Waals surface area (Å²) in [5.74, 6) is 2.30. The Bertz CT molecular complexity index is 1110. The Kier molecular flexibility index (Phi) is 5.82. The maximum atomic E-state index is 12.9. The zero-order valence-electron chi connectivity index (χ0n) is 18.1. The first-order chi connectivity index (χ1) is 15.0. The summed E-state index contributed by atoms with van der Waals surface area (Å²) in [7, 11) is 4.78. The molecule has 31 heavy (non-hydrogen) atoms. The Balaban J connectivity index is 1.96. The van der Waals surface area contributed by atoms with Crippen LogP contribution in [0, 0.1) is 6.92 Å². The smallest absolute Gasteiger partial charge is 0.238 e. The second kappa shape index (κ2) is 8.55. The van der Waals surface area contributed by atoms with Crippen LogP contribution in [0.25, 0.3) is 5.69 Å². The number of amides is 1. The number of hydrogen-bond acceptors (Lipinski definition) is 6. The van der Waals surface area contributed by atoms with Crippen LogP contribution in [0.4, 0.5) is 5.82 Å². The van der Waals surface area contributed by atoms with Gasteiger partial charge in [-0.1, -0.05) is 18.2 Å². The molecule has 1 amide bonds. The number of ether oxygens (including phenoxy) is 3. The number of nitrogens with one attached hydrogen (secondary N) is 1. The van der Waals surface area contributed by atoms with Gasteiger partial charge in [0.05, 0.1) is 43.2 Å². The molecule has 0 bridgehead atoms. The lowest BCUT2D eigenvalue weighted by atomic mass is 10.0. The second-order valence-corrected chi connectivity index (χ2v) is 8.62. The lowest BCUT2D eigenvalue weighted by Crippen LogP contribution is -2.22. The van der Waals surface area contributed by atoms with Gasteiger partial charge in [-0.3, -0.25) is 4.79 Å². The second-order valence-electron chi connectivity index (χ2n) is 7.17. The molecule has 3 aromatic rings. The third kappa shape index (κ3) is 3.61. The third-order valence-corrected chi connectivity index (χ3v) is 6.72. The molecule has 1 aliphatic rings. The maximum absolute atomic E-state index is 12.9. The van der Waals surface area contributed by atoms with Gasteiger partial charge in [0.15, 0.2) is 11.5 Å². The van der Waals surface area contributed by atoms with Gasteiger partial charge < -0.3 is 19.5 Å². The van der Waals surface area contributed by atoms with Crippen LogP contribution in [0.1, 0.15) is 29.0 Å². The van der Waals surface area contributed by atoms with Gasteiger partial charge in [-0.25, -0.2) is 4.68 Å². The zero-order valence-corrected chi connectivity index (χ0v) is 18.9. The van der Waals surface area contributed by atoms with E-state index in [1.807, 2.05) is 56.3 Å². The van der Waals surface area contributed by atoms with Crippen molar-refractivity contribution in [2.75, 3.05) is 26.6 Å². The van der Waals surface area contributed by atoms with Gasteiger partial charge in [0, 0.05) is 11.1 Å². The van der Waals surface area contributed by atoms with Crippen LogP contribution >= 0.6 is 11.8 Å². The van der Waals surface area contributed by atoms with E-state index >= 15 is 0 Å². The average molecular weight is 440 g/mol. The minimum Gasteiger partial charge on any atom is -0.493 e. The van der Waals surface area contributed by atoms with E-state index in [4.69, 9.17) is 19.3 Å².